The number of allylic oxidation sites excluding steroid dienone is 3. The van der Waals surface area contributed by atoms with E-state index in [4.69, 9.17) is 4.99 Å². The van der Waals surface area contributed by atoms with Crippen LogP contribution < -0.4 is 4.90 Å². The second-order valence-electron chi connectivity index (χ2n) is 6.17. The first kappa shape index (κ1) is 20.1. The van der Waals surface area contributed by atoms with E-state index in [0.29, 0.717) is 12.8 Å². The van der Waals surface area contributed by atoms with E-state index in [0.717, 1.165) is 35.6 Å². The Hall–Kier alpha value is -2.17. The SMILES string of the molecule is CCN(CC)c1ccc(N=C2C=CC(=O)C3=C2CCC(=O)[N-]3)c(C)c1.[Cu+]. The van der Waals surface area contributed by atoms with Crippen LogP contribution in [0.1, 0.15) is 32.3 Å². The molecule has 0 bridgehead atoms. The summed E-state index contributed by atoms with van der Waals surface area (Å²) in [5.41, 5.74) is 4.89. The maximum Gasteiger partial charge on any atom is 1.00 e. The molecule has 0 atom stereocenters. The van der Waals surface area contributed by atoms with Crippen molar-refractivity contribution in [3.05, 3.63) is 52.5 Å². The van der Waals surface area contributed by atoms with E-state index < -0.39 is 0 Å². The normalized spacial score (nSPS) is 17.7. The van der Waals surface area contributed by atoms with E-state index in [9.17, 15) is 9.59 Å². The van der Waals surface area contributed by atoms with Crippen molar-refractivity contribution in [3.63, 3.8) is 0 Å². The zero-order chi connectivity index (χ0) is 18.0. The fourth-order valence-electron chi connectivity index (χ4n) is 3.17. The third-order valence-electron chi connectivity index (χ3n) is 4.60. The van der Waals surface area contributed by atoms with Crippen molar-refractivity contribution in [1.82, 2.24) is 0 Å². The van der Waals surface area contributed by atoms with Crippen LogP contribution in [0.25, 0.3) is 5.32 Å². The summed E-state index contributed by atoms with van der Waals surface area (Å²) in [6.45, 7) is 8.23. The molecule has 1 heterocycles. The number of rotatable bonds is 4. The molecule has 0 saturated carbocycles. The number of amides is 1. The number of aliphatic imine (C=N–C) groups is 1. The minimum atomic E-state index is -0.235. The second-order valence-corrected chi connectivity index (χ2v) is 6.17. The maximum atomic E-state index is 12.0. The first-order valence-electron chi connectivity index (χ1n) is 8.68. The Bertz CT molecular complexity index is 820. The molecule has 0 N–H and O–H groups in total. The molecule has 140 valence electrons. The molecule has 0 fully saturated rings. The fraction of sp³-hybridized carbons (Fsp3) is 0.350. The fourth-order valence-corrected chi connectivity index (χ4v) is 3.17. The standard InChI is InChI=1S/C20H23N3O2.Cu/c1-4-23(5-2)14-6-8-16(13(3)12-14)21-17-9-10-18(24)20-15(17)7-11-19(25)22-20;/h6,8-10,12H,4-5,7,11H2,1-3H3,(H,21,22,25);/q;+1/p-1. The maximum absolute atomic E-state index is 12.0. The van der Waals surface area contributed by atoms with Gasteiger partial charge in [0.2, 0.25) is 0 Å². The molecule has 26 heavy (non-hydrogen) atoms. The van der Waals surface area contributed by atoms with E-state index in [-0.39, 0.29) is 34.5 Å². The van der Waals surface area contributed by atoms with Crippen LogP contribution in [0.15, 0.2) is 46.6 Å². The van der Waals surface area contributed by atoms with Crippen LogP contribution in [0.2, 0.25) is 0 Å². The number of carbonyl (C=O) groups is 2. The Labute approximate surface area is 164 Å². The summed E-state index contributed by atoms with van der Waals surface area (Å²) in [7, 11) is 0. The third kappa shape index (κ3) is 3.97. The van der Waals surface area contributed by atoms with Gasteiger partial charge in [-0.15, -0.1) is 0 Å². The van der Waals surface area contributed by atoms with Gasteiger partial charge in [-0.05, 0) is 75.1 Å². The monoisotopic (exact) mass is 399 g/mol. The Morgan fingerprint density at radius 3 is 2.50 bits per heavy atom. The quantitative estimate of drug-likeness (QED) is 0.567. The smallest absolute Gasteiger partial charge is 0.623 e. The van der Waals surface area contributed by atoms with E-state index >= 15 is 0 Å². The first-order chi connectivity index (χ1) is 12.0. The number of hydrogen-bond donors (Lipinski definition) is 0. The largest absolute Gasteiger partial charge is 1.00 e. The number of benzene rings is 1. The van der Waals surface area contributed by atoms with Gasteiger partial charge in [-0.2, -0.15) is 0 Å². The molecule has 5 nitrogen and oxygen atoms in total. The van der Waals surface area contributed by atoms with Gasteiger partial charge >= 0.3 is 17.1 Å². The zero-order valence-electron chi connectivity index (χ0n) is 15.2. The molecular weight excluding hydrogens is 378 g/mol. The van der Waals surface area contributed by atoms with E-state index in [2.05, 4.69) is 36.2 Å². The molecule has 2 aliphatic rings. The Kier molecular flexibility index (Phi) is 6.57. The van der Waals surface area contributed by atoms with Crippen molar-refractivity contribution >= 4 is 28.8 Å². The summed E-state index contributed by atoms with van der Waals surface area (Å²) >= 11 is 0. The summed E-state index contributed by atoms with van der Waals surface area (Å²) < 4.78 is 0. The number of hydrogen-bond acceptors (Lipinski definition) is 4. The van der Waals surface area contributed by atoms with Crippen LogP contribution in [-0.4, -0.2) is 30.5 Å². The summed E-state index contributed by atoms with van der Waals surface area (Å²) in [4.78, 5) is 30.5. The Morgan fingerprint density at radius 1 is 1.12 bits per heavy atom. The minimum absolute atomic E-state index is 0. The van der Waals surface area contributed by atoms with Gasteiger partial charge in [-0.3, -0.25) is 4.79 Å². The van der Waals surface area contributed by atoms with Crippen molar-refractivity contribution in [2.24, 2.45) is 4.99 Å². The number of carbonyl (C=O) groups excluding carboxylic acids is 2. The van der Waals surface area contributed by atoms with Gasteiger partial charge in [-0.25, -0.2) is 4.99 Å². The average Bonchev–Trinajstić information content (AvgIpc) is 2.60. The molecule has 6 heteroatoms. The first-order valence-corrected chi connectivity index (χ1v) is 8.68. The van der Waals surface area contributed by atoms with E-state index in [1.54, 1.807) is 6.08 Å². The summed E-state index contributed by atoms with van der Waals surface area (Å²) in [6, 6.07) is 6.21. The summed E-state index contributed by atoms with van der Waals surface area (Å²) in [5.74, 6) is -0.447. The predicted molar refractivity (Wildman–Crippen MR) is 101 cm³/mol. The van der Waals surface area contributed by atoms with Gasteiger partial charge in [0.15, 0.2) is 5.78 Å². The van der Waals surface area contributed by atoms with Crippen LogP contribution in [0, 0.1) is 6.92 Å². The second kappa shape index (κ2) is 8.47. The zero-order valence-corrected chi connectivity index (χ0v) is 16.1. The molecule has 0 spiro atoms. The van der Waals surface area contributed by atoms with E-state index in [1.807, 2.05) is 13.0 Å². The summed E-state index contributed by atoms with van der Waals surface area (Å²) in [5, 5.41) is 3.91. The van der Waals surface area contributed by atoms with Gasteiger partial charge in [0.25, 0.3) is 0 Å². The average molecular weight is 400 g/mol. The number of aryl methyl sites for hydroxylation is 1. The van der Waals surface area contributed by atoms with Crippen LogP contribution >= 0.6 is 0 Å². The molecular formula is C20H22CuN3O2. The van der Waals surface area contributed by atoms with Crippen LogP contribution in [0.5, 0.6) is 0 Å². The van der Waals surface area contributed by atoms with E-state index in [1.165, 1.54) is 11.8 Å². The van der Waals surface area contributed by atoms with Crippen LogP contribution in [0.3, 0.4) is 0 Å². The van der Waals surface area contributed by atoms with Crippen molar-refractivity contribution in [2.45, 2.75) is 33.6 Å². The van der Waals surface area contributed by atoms with Gasteiger partial charge in [-0.1, -0.05) is 5.70 Å². The predicted octanol–water partition coefficient (Wildman–Crippen LogP) is 4.00. The van der Waals surface area contributed by atoms with Gasteiger partial charge in [0.1, 0.15) is 0 Å². The Balaban J connectivity index is 0.00000243. The minimum Gasteiger partial charge on any atom is -0.623 e. The molecule has 1 aliphatic carbocycles. The third-order valence-corrected chi connectivity index (χ3v) is 4.60. The number of ketones is 1. The van der Waals surface area contributed by atoms with Crippen molar-refractivity contribution < 1.29 is 26.7 Å². The topological polar surface area (TPSA) is 63.8 Å². The molecule has 1 aromatic rings. The Morgan fingerprint density at radius 2 is 1.85 bits per heavy atom. The van der Waals surface area contributed by atoms with Gasteiger partial charge in [0.05, 0.1) is 17.3 Å². The van der Waals surface area contributed by atoms with Crippen molar-refractivity contribution in [1.29, 1.82) is 0 Å². The van der Waals surface area contributed by atoms with Crippen LogP contribution in [0.4, 0.5) is 11.4 Å². The molecule has 1 amide bonds. The number of nitrogens with zero attached hydrogens (tertiary/aromatic N) is 3. The molecule has 0 saturated heterocycles. The van der Waals surface area contributed by atoms with Crippen molar-refractivity contribution in [2.75, 3.05) is 18.0 Å². The van der Waals surface area contributed by atoms with Gasteiger partial charge < -0.3 is 15.0 Å². The van der Waals surface area contributed by atoms with Gasteiger partial charge in [0, 0.05) is 18.8 Å². The molecule has 3 rings (SSSR count). The van der Waals surface area contributed by atoms with Crippen LogP contribution in [-0.2, 0) is 26.7 Å². The molecule has 0 radical (unpaired) electrons. The molecule has 1 aliphatic heterocycles. The number of anilines is 1. The molecule has 0 unspecified atom stereocenters. The summed E-state index contributed by atoms with van der Waals surface area (Å²) in [6.07, 6.45) is 4.02. The van der Waals surface area contributed by atoms with Crippen molar-refractivity contribution in [3.8, 4) is 0 Å². The molecule has 1 aromatic carbocycles. The molecule has 0 aromatic heterocycles.